The Labute approximate surface area is 147 Å². The van der Waals surface area contributed by atoms with Crippen LogP contribution in [0.15, 0.2) is 42.5 Å². The first-order valence-electron chi connectivity index (χ1n) is 8.65. The van der Waals surface area contributed by atoms with E-state index >= 15 is 0 Å². The number of aryl methyl sites for hydroxylation is 1. The van der Waals surface area contributed by atoms with Gasteiger partial charge in [0.25, 0.3) is 5.91 Å². The molecule has 4 nitrogen and oxygen atoms in total. The van der Waals surface area contributed by atoms with Gasteiger partial charge in [-0.25, -0.2) is 0 Å². The van der Waals surface area contributed by atoms with Crippen LogP contribution in [0.25, 0.3) is 0 Å². The fourth-order valence-corrected chi connectivity index (χ4v) is 3.17. The molecule has 2 aromatic carbocycles. The number of carbonyl (C=O) groups excluding carboxylic acids is 2. The van der Waals surface area contributed by atoms with Crippen LogP contribution in [0.2, 0.25) is 0 Å². The number of ketones is 1. The van der Waals surface area contributed by atoms with E-state index in [0.717, 1.165) is 17.5 Å². The van der Waals surface area contributed by atoms with E-state index in [4.69, 9.17) is 0 Å². The van der Waals surface area contributed by atoms with Crippen molar-refractivity contribution in [3.8, 4) is 0 Å². The number of rotatable bonds is 5. The second-order valence-electron chi connectivity index (χ2n) is 6.92. The van der Waals surface area contributed by atoms with E-state index in [9.17, 15) is 14.7 Å². The van der Waals surface area contributed by atoms with Crippen LogP contribution in [-0.2, 0) is 16.8 Å². The van der Waals surface area contributed by atoms with Crippen LogP contribution in [0.4, 0.5) is 5.69 Å². The Bertz CT molecular complexity index is 824. The standard InChI is InChI=1S/C21H23NO3/c1-4-14-5-10-18-17(11-14)21(25,20(24)22-18)12-19(23)16-8-6-15(7-9-16)13(2)3/h5-11,13,25H,4,12H2,1-3H3,(H,22,24)/t21-/m0/s1. The number of Topliss-reactive ketones (excluding diaryl/α,β-unsaturated/α-hetero) is 1. The van der Waals surface area contributed by atoms with Gasteiger partial charge in [-0.2, -0.15) is 0 Å². The monoisotopic (exact) mass is 337 g/mol. The molecule has 2 aromatic rings. The molecule has 130 valence electrons. The molecule has 1 aliphatic heterocycles. The lowest BCUT2D eigenvalue weighted by atomic mass is 9.87. The summed E-state index contributed by atoms with van der Waals surface area (Å²) in [5.74, 6) is -0.404. The molecule has 1 amide bonds. The van der Waals surface area contributed by atoms with E-state index < -0.39 is 11.5 Å². The van der Waals surface area contributed by atoms with Crippen LogP contribution in [-0.4, -0.2) is 16.8 Å². The summed E-state index contributed by atoms with van der Waals surface area (Å²) in [7, 11) is 0. The van der Waals surface area contributed by atoms with Crippen LogP contribution < -0.4 is 5.32 Å². The van der Waals surface area contributed by atoms with Gasteiger partial charge < -0.3 is 10.4 Å². The minimum absolute atomic E-state index is 0.247. The van der Waals surface area contributed by atoms with E-state index in [1.54, 1.807) is 18.2 Å². The molecule has 2 N–H and O–H groups in total. The van der Waals surface area contributed by atoms with Crippen LogP contribution in [0, 0.1) is 0 Å². The molecule has 0 aromatic heterocycles. The minimum Gasteiger partial charge on any atom is -0.375 e. The van der Waals surface area contributed by atoms with Crippen molar-refractivity contribution in [2.75, 3.05) is 5.32 Å². The third-order valence-electron chi connectivity index (χ3n) is 4.88. The number of nitrogens with one attached hydrogen (secondary N) is 1. The normalized spacial score (nSPS) is 19.0. The first kappa shape index (κ1) is 17.4. The maximum Gasteiger partial charge on any atom is 0.261 e. The molecule has 25 heavy (non-hydrogen) atoms. The third kappa shape index (κ3) is 3.10. The summed E-state index contributed by atoms with van der Waals surface area (Å²) in [6, 6.07) is 12.9. The van der Waals surface area contributed by atoms with E-state index in [1.807, 2.05) is 31.2 Å². The van der Waals surface area contributed by atoms with Gasteiger partial charge in [-0.1, -0.05) is 57.2 Å². The number of carbonyl (C=O) groups is 2. The van der Waals surface area contributed by atoms with Crippen LogP contribution >= 0.6 is 0 Å². The summed E-state index contributed by atoms with van der Waals surface area (Å²) in [6.07, 6.45) is 0.530. The molecule has 1 aliphatic rings. The third-order valence-corrected chi connectivity index (χ3v) is 4.88. The second-order valence-corrected chi connectivity index (χ2v) is 6.92. The zero-order chi connectivity index (χ0) is 18.2. The Morgan fingerprint density at radius 2 is 1.84 bits per heavy atom. The predicted octanol–water partition coefficient (Wildman–Crippen LogP) is 3.79. The molecule has 0 fully saturated rings. The second kappa shape index (κ2) is 6.45. The van der Waals surface area contributed by atoms with Crippen molar-refractivity contribution in [3.63, 3.8) is 0 Å². The molecule has 0 bridgehead atoms. The summed E-state index contributed by atoms with van der Waals surface area (Å²) >= 11 is 0. The molecule has 0 radical (unpaired) electrons. The van der Waals surface area contributed by atoms with Crippen LogP contribution in [0.5, 0.6) is 0 Å². The van der Waals surface area contributed by atoms with Gasteiger partial charge in [0.1, 0.15) is 0 Å². The predicted molar refractivity (Wildman–Crippen MR) is 97.8 cm³/mol. The average Bonchev–Trinajstić information content (AvgIpc) is 2.85. The van der Waals surface area contributed by atoms with Crippen LogP contribution in [0.1, 0.15) is 60.2 Å². The van der Waals surface area contributed by atoms with E-state index in [0.29, 0.717) is 22.7 Å². The summed E-state index contributed by atoms with van der Waals surface area (Å²) in [5, 5.41) is 13.7. The molecular weight excluding hydrogens is 314 g/mol. The van der Waals surface area contributed by atoms with Gasteiger partial charge in [0.2, 0.25) is 0 Å². The zero-order valence-corrected chi connectivity index (χ0v) is 14.8. The molecule has 0 saturated heterocycles. The average molecular weight is 337 g/mol. The Kier molecular flexibility index (Phi) is 4.48. The maximum atomic E-state index is 12.7. The smallest absolute Gasteiger partial charge is 0.261 e. The molecule has 0 unspecified atom stereocenters. The van der Waals surface area contributed by atoms with Gasteiger partial charge in [-0.15, -0.1) is 0 Å². The summed E-state index contributed by atoms with van der Waals surface area (Å²) in [6.45, 7) is 6.18. The minimum atomic E-state index is -1.81. The maximum absolute atomic E-state index is 12.7. The summed E-state index contributed by atoms with van der Waals surface area (Å²) in [4.78, 5) is 25.0. The van der Waals surface area contributed by atoms with Gasteiger partial charge in [-0.05, 0) is 29.5 Å². The van der Waals surface area contributed by atoms with Crippen molar-refractivity contribution < 1.29 is 14.7 Å². The van der Waals surface area contributed by atoms with Gasteiger partial charge in [0.05, 0.1) is 6.42 Å². The number of hydrogen-bond acceptors (Lipinski definition) is 3. The summed E-state index contributed by atoms with van der Waals surface area (Å²) in [5.41, 5.74) is 1.92. The van der Waals surface area contributed by atoms with Crippen LogP contribution in [0.3, 0.4) is 0 Å². The SMILES string of the molecule is CCc1ccc2c(c1)[C@@](O)(CC(=O)c1ccc(C(C)C)cc1)C(=O)N2. The van der Waals surface area contributed by atoms with Crippen molar-refractivity contribution in [1.29, 1.82) is 0 Å². The number of amides is 1. The topological polar surface area (TPSA) is 66.4 Å². The molecule has 1 heterocycles. The molecule has 0 saturated carbocycles. The van der Waals surface area contributed by atoms with Gasteiger partial charge in [0.15, 0.2) is 11.4 Å². The molecular formula is C21H23NO3. The highest BCUT2D eigenvalue weighted by Crippen LogP contribution is 2.39. The number of anilines is 1. The van der Waals surface area contributed by atoms with Crippen molar-refractivity contribution in [3.05, 3.63) is 64.7 Å². The van der Waals surface area contributed by atoms with Crippen molar-refractivity contribution in [2.24, 2.45) is 0 Å². The Morgan fingerprint density at radius 1 is 1.16 bits per heavy atom. The van der Waals surface area contributed by atoms with Crippen molar-refractivity contribution in [1.82, 2.24) is 0 Å². The quantitative estimate of drug-likeness (QED) is 0.816. The molecule has 3 rings (SSSR count). The van der Waals surface area contributed by atoms with Gasteiger partial charge in [-0.3, -0.25) is 9.59 Å². The molecule has 1 atom stereocenters. The molecule has 0 spiro atoms. The number of fused-ring (bicyclic) bond motifs is 1. The Balaban J connectivity index is 1.89. The van der Waals surface area contributed by atoms with E-state index in [1.165, 1.54) is 0 Å². The highest BCUT2D eigenvalue weighted by atomic mass is 16.3. The number of benzene rings is 2. The molecule has 4 heteroatoms. The highest BCUT2D eigenvalue weighted by Gasteiger charge is 2.46. The Morgan fingerprint density at radius 3 is 2.44 bits per heavy atom. The number of hydrogen-bond donors (Lipinski definition) is 2. The lowest BCUT2D eigenvalue weighted by Crippen LogP contribution is -2.36. The van der Waals surface area contributed by atoms with E-state index in [-0.39, 0.29) is 12.2 Å². The van der Waals surface area contributed by atoms with Crippen molar-refractivity contribution >= 4 is 17.4 Å². The lowest BCUT2D eigenvalue weighted by Gasteiger charge is -2.20. The molecule has 0 aliphatic carbocycles. The van der Waals surface area contributed by atoms with Crippen molar-refractivity contribution in [2.45, 2.75) is 45.1 Å². The zero-order valence-electron chi connectivity index (χ0n) is 14.8. The van der Waals surface area contributed by atoms with Gasteiger partial charge in [0, 0.05) is 16.8 Å². The lowest BCUT2D eigenvalue weighted by molar-refractivity contribution is -0.133. The first-order valence-corrected chi connectivity index (χ1v) is 8.65. The summed E-state index contributed by atoms with van der Waals surface area (Å²) < 4.78 is 0. The fourth-order valence-electron chi connectivity index (χ4n) is 3.17. The fraction of sp³-hybridized carbons (Fsp3) is 0.333. The van der Waals surface area contributed by atoms with E-state index in [2.05, 4.69) is 19.2 Å². The number of aliphatic hydroxyl groups is 1. The first-order chi connectivity index (χ1) is 11.8. The largest absolute Gasteiger partial charge is 0.375 e. The highest BCUT2D eigenvalue weighted by molar-refractivity contribution is 6.09. The Hall–Kier alpha value is -2.46. The van der Waals surface area contributed by atoms with Gasteiger partial charge >= 0.3 is 0 Å².